The van der Waals surface area contributed by atoms with E-state index in [4.69, 9.17) is 9.47 Å². The van der Waals surface area contributed by atoms with Gasteiger partial charge in [-0.1, -0.05) is 19.1 Å². The van der Waals surface area contributed by atoms with E-state index in [2.05, 4.69) is 20.4 Å². The molecule has 1 aliphatic rings. The molecule has 3 aromatic rings. The minimum absolute atomic E-state index is 0.0865. The number of nitrogens with one attached hydrogen (secondary N) is 1. The number of amidine groups is 1. The maximum Gasteiger partial charge on any atom is 0.516 e. The molecule has 0 fully saturated rings. The van der Waals surface area contributed by atoms with Crippen LogP contribution >= 0.6 is 0 Å². The molecule has 1 aliphatic heterocycles. The number of ether oxygens (including phenoxy) is 2. The van der Waals surface area contributed by atoms with E-state index in [-0.39, 0.29) is 23.3 Å². The first kappa shape index (κ1) is 27.0. The van der Waals surface area contributed by atoms with Crippen molar-refractivity contribution < 1.29 is 35.9 Å². The molecule has 0 saturated heterocycles. The Bertz CT molecular complexity index is 1470. The summed E-state index contributed by atoms with van der Waals surface area (Å²) in [6.07, 6.45) is 3.66. The molecule has 12 nitrogen and oxygen atoms in total. The maximum absolute atomic E-state index is 13.0. The third-order valence-electron chi connectivity index (χ3n) is 5.70. The Hall–Kier alpha value is -4.08. The predicted octanol–water partition coefficient (Wildman–Crippen LogP) is 2.12. The average molecular weight is 556 g/mol. The molecule has 0 bridgehead atoms. The molecule has 1 amide bonds. The van der Waals surface area contributed by atoms with E-state index in [1.807, 2.05) is 6.92 Å². The molecule has 204 valence electrons. The molecule has 38 heavy (non-hydrogen) atoms. The summed E-state index contributed by atoms with van der Waals surface area (Å²) in [7, 11) is -3.11. The van der Waals surface area contributed by atoms with Crippen LogP contribution < -0.4 is 15.1 Å². The summed E-state index contributed by atoms with van der Waals surface area (Å²) in [5.41, 5.74) is -3.33. The molecule has 0 aliphatic carbocycles. The lowest BCUT2D eigenvalue weighted by molar-refractivity contribution is -0.0477. The highest BCUT2D eigenvalue weighted by atomic mass is 32.2. The van der Waals surface area contributed by atoms with E-state index in [0.717, 1.165) is 12.7 Å². The minimum Gasteiger partial charge on any atom is -0.494 e. The van der Waals surface area contributed by atoms with E-state index in [1.165, 1.54) is 18.3 Å². The minimum atomic E-state index is -5.64. The van der Waals surface area contributed by atoms with Gasteiger partial charge in [0, 0.05) is 6.54 Å². The Morgan fingerprint density at radius 3 is 2.45 bits per heavy atom. The number of hydrazone groups is 1. The number of methoxy groups -OCH3 is 2. The SMILES string of the molecule is CCc1nc2ncc(OC)cn2c1C(=O)NCc1ccc(N2CCN(S(=O)(=O)C(F)(F)F)C(OC)=N2)cc1. The molecule has 1 aromatic carbocycles. The van der Waals surface area contributed by atoms with Gasteiger partial charge < -0.3 is 14.8 Å². The highest BCUT2D eigenvalue weighted by molar-refractivity contribution is 7.90. The topological polar surface area (TPSA) is 131 Å². The van der Waals surface area contributed by atoms with Crippen molar-refractivity contribution in [2.24, 2.45) is 5.10 Å². The van der Waals surface area contributed by atoms with Crippen LogP contribution in [0, 0.1) is 0 Å². The lowest BCUT2D eigenvalue weighted by Gasteiger charge is -2.32. The number of benzene rings is 1. The van der Waals surface area contributed by atoms with Gasteiger partial charge in [-0.15, -0.1) is 5.10 Å². The number of aryl methyl sites for hydroxylation is 1. The summed E-state index contributed by atoms with van der Waals surface area (Å²) >= 11 is 0. The number of aromatic nitrogens is 3. The van der Waals surface area contributed by atoms with Gasteiger partial charge in [-0.3, -0.25) is 14.2 Å². The fraction of sp³-hybridized carbons (Fsp3) is 0.364. The normalized spacial score (nSPS) is 14.4. The fourth-order valence-electron chi connectivity index (χ4n) is 3.77. The molecular weight excluding hydrogens is 531 g/mol. The van der Waals surface area contributed by atoms with E-state index in [9.17, 15) is 26.4 Å². The monoisotopic (exact) mass is 555 g/mol. The third-order valence-corrected chi connectivity index (χ3v) is 7.21. The van der Waals surface area contributed by atoms with Crippen molar-refractivity contribution in [2.75, 3.05) is 32.3 Å². The molecule has 3 heterocycles. The summed E-state index contributed by atoms with van der Waals surface area (Å²) in [4.78, 5) is 21.6. The summed E-state index contributed by atoms with van der Waals surface area (Å²) in [5, 5.41) is 8.09. The van der Waals surface area contributed by atoms with Crippen LogP contribution in [-0.2, 0) is 27.7 Å². The van der Waals surface area contributed by atoms with Crippen LogP contribution in [0.2, 0.25) is 0 Å². The Balaban J connectivity index is 1.47. The van der Waals surface area contributed by atoms with Gasteiger partial charge in [-0.05, 0) is 24.1 Å². The third kappa shape index (κ3) is 5.03. The van der Waals surface area contributed by atoms with Gasteiger partial charge in [0.15, 0.2) is 5.75 Å². The number of amides is 1. The zero-order chi connectivity index (χ0) is 27.7. The highest BCUT2D eigenvalue weighted by Gasteiger charge is 2.52. The van der Waals surface area contributed by atoms with Crippen LogP contribution in [0.5, 0.6) is 5.75 Å². The number of hydrogen-bond donors (Lipinski definition) is 1. The van der Waals surface area contributed by atoms with Crippen molar-refractivity contribution in [2.45, 2.75) is 25.4 Å². The molecule has 0 unspecified atom stereocenters. The number of carbonyl (C=O) groups excluding carboxylic acids is 1. The maximum atomic E-state index is 13.0. The van der Waals surface area contributed by atoms with E-state index < -0.39 is 28.1 Å². The van der Waals surface area contributed by atoms with Crippen molar-refractivity contribution in [1.29, 1.82) is 0 Å². The number of rotatable bonds is 7. The Labute approximate surface area is 215 Å². The van der Waals surface area contributed by atoms with Gasteiger partial charge in [-0.2, -0.15) is 21.6 Å². The molecule has 0 radical (unpaired) electrons. The number of halogens is 3. The average Bonchev–Trinajstić information content (AvgIpc) is 3.28. The number of alkyl halides is 3. The van der Waals surface area contributed by atoms with Gasteiger partial charge in [0.05, 0.1) is 51.1 Å². The first-order chi connectivity index (χ1) is 18.0. The first-order valence-electron chi connectivity index (χ1n) is 11.3. The number of carbonyl (C=O) groups is 1. The van der Waals surface area contributed by atoms with Crippen molar-refractivity contribution in [3.63, 3.8) is 0 Å². The molecule has 4 rings (SSSR count). The van der Waals surface area contributed by atoms with Gasteiger partial charge >= 0.3 is 21.6 Å². The quantitative estimate of drug-likeness (QED) is 0.469. The molecule has 0 atom stereocenters. The molecule has 0 saturated carbocycles. The number of imidazole rings is 1. The molecular formula is C22H24F3N7O5S. The summed E-state index contributed by atoms with van der Waals surface area (Å²) in [6, 6.07) is 6.00. The van der Waals surface area contributed by atoms with Gasteiger partial charge in [0.2, 0.25) is 5.78 Å². The van der Waals surface area contributed by atoms with Crippen molar-refractivity contribution in [1.82, 2.24) is 24.0 Å². The van der Waals surface area contributed by atoms with Crippen LogP contribution in [0.1, 0.15) is 28.7 Å². The molecule has 16 heteroatoms. The summed E-state index contributed by atoms with van der Waals surface area (Å²) in [6.45, 7) is 1.41. The zero-order valence-electron chi connectivity index (χ0n) is 20.6. The van der Waals surface area contributed by atoms with Gasteiger partial charge in [0.1, 0.15) is 5.69 Å². The van der Waals surface area contributed by atoms with Crippen LogP contribution in [-0.4, -0.2) is 71.8 Å². The smallest absolute Gasteiger partial charge is 0.494 e. The second-order valence-electron chi connectivity index (χ2n) is 8.01. The van der Waals surface area contributed by atoms with Crippen molar-refractivity contribution >= 4 is 33.4 Å². The molecule has 2 aromatic heterocycles. The molecule has 1 N–H and O–H groups in total. The summed E-state index contributed by atoms with van der Waals surface area (Å²) in [5.74, 6) is 0.486. The molecule has 0 spiro atoms. The lowest BCUT2D eigenvalue weighted by Crippen LogP contribution is -2.51. The van der Waals surface area contributed by atoms with Crippen LogP contribution in [0.25, 0.3) is 5.78 Å². The predicted molar refractivity (Wildman–Crippen MR) is 130 cm³/mol. The Morgan fingerprint density at radius 1 is 1.13 bits per heavy atom. The van der Waals surface area contributed by atoms with Crippen molar-refractivity contribution in [3.8, 4) is 5.75 Å². The Morgan fingerprint density at radius 2 is 1.84 bits per heavy atom. The van der Waals surface area contributed by atoms with E-state index in [1.54, 1.807) is 34.9 Å². The number of nitrogens with zero attached hydrogens (tertiary/aromatic N) is 6. The lowest BCUT2D eigenvalue weighted by atomic mass is 10.2. The second-order valence-corrected chi connectivity index (χ2v) is 9.86. The number of fused-ring (bicyclic) bond motifs is 1. The van der Waals surface area contributed by atoms with Gasteiger partial charge in [0.25, 0.3) is 5.91 Å². The van der Waals surface area contributed by atoms with Crippen LogP contribution in [0.4, 0.5) is 18.9 Å². The standard InChI is InChI=1S/C22H24F3N7O5S/c1-4-17-18(30-13-16(36-2)12-27-20(30)28-17)19(33)26-11-14-5-7-15(8-6-14)31-9-10-32(21(29-31)37-3)38(34,35)22(23,24)25/h5-8,12-13H,4,9-11H2,1-3H3,(H,26,33). The summed E-state index contributed by atoms with van der Waals surface area (Å²) < 4.78 is 74.2. The number of hydrogen-bond acceptors (Lipinski definition) is 9. The largest absolute Gasteiger partial charge is 0.516 e. The Kier molecular flexibility index (Phi) is 7.35. The van der Waals surface area contributed by atoms with Crippen LogP contribution in [0.3, 0.4) is 0 Å². The van der Waals surface area contributed by atoms with E-state index in [0.29, 0.717) is 35.0 Å². The number of sulfonamides is 1. The zero-order valence-corrected chi connectivity index (χ0v) is 21.4. The highest BCUT2D eigenvalue weighted by Crippen LogP contribution is 2.29. The fourth-order valence-corrected chi connectivity index (χ4v) is 4.66. The first-order valence-corrected chi connectivity index (χ1v) is 12.7. The van der Waals surface area contributed by atoms with Crippen molar-refractivity contribution in [3.05, 3.63) is 53.6 Å². The second kappa shape index (κ2) is 10.4. The van der Waals surface area contributed by atoms with Crippen LogP contribution in [0.15, 0.2) is 41.8 Å². The number of anilines is 1. The van der Waals surface area contributed by atoms with Gasteiger partial charge in [-0.25, -0.2) is 14.3 Å². The van der Waals surface area contributed by atoms with E-state index >= 15 is 0 Å².